The molecule has 1 aromatic rings. The maximum Gasteiger partial charge on any atom is 0.0839 e. The first-order valence-corrected chi connectivity index (χ1v) is 7.01. The van der Waals surface area contributed by atoms with E-state index in [4.69, 9.17) is 0 Å². The second kappa shape index (κ2) is 6.76. The number of hydrogen-bond acceptors (Lipinski definition) is 3. The van der Waals surface area contributed by atoms with Gasteiger partial charge in [0.1, 0.15) is 0 Å². The fourth-order valence-corrected chi connectivity index (χ4v) is 2.56. The number of likely N-dealkylation sites (tertiary alicyclic amines) is 1. The van der Waals surface area contributed by atoms with Crippen molar-refractivity contribution in [2.24, 2.45) is 0 Å². The number of anilines is 1. The van der Waals surface area contributed by atoms with Crippen LogP contribution in [0.15, 0.2) is 24.3 Å². The molecule has 1 unspecified atom stereocenters. The maximum atomic E-state index is 10.0. The predicted octanol–water partition coefficient (Wildman–Crippen LogP) is 2.12. The minimum atomic E-state index is -0.284. The summed E-state index contributed by atoms with van der Waals surface area (Å²) in [5, 5.41) is 13.4. The Morgan fingerprint density at radius 1 is 1.28 bits per heavy atom. The lowest BCUT2D eigenvalue weighted by molar-refractivity contribution is 0.135. The van der Waals surface area contributed by atoms with E-state index in [0.717, 1.165) is 31.7 Å². The SMILES string of the molecule is CCc1ccccc1NCC(O)CN1CCCC1. The summed E-state index contributed by atoms with van der Waals surface area (Å²) in [5.41, 5.74) is 2.46. The fraction of sp³-hybridized carbons (Fsp3) is 0.600. The summed E-state index contributed by atoms with van der Waals surface area (Å²) in [6.07, 6.45) is 3.29. The highest BCUT2D eigenvalue weighted by Gasteiger charge is 2.15. The second-order valence-electron chi connectivity index (χ2n) is 5.05. The van der Waals surface area contributed by atoms with Crippen molar-refractivity contribution in [2.45, 2.75) is 32.3 Å². The Labute approximate surface area is 110 Å². The van der Waals surface area contributed by atoms with Crippen LogP contribution in [0.1, 0.15) is 25.3 Å². The zero-order chi connectivity index (χ0) is 12.8. The van der Waals surface area contributed by atoms with Crippen molar-refractivity contribution in [1.29, 1.82) is 0 Å². The van der Waals surface area contributed by atoms with E-state index < -0.39 is 0 Å². The Hall–Kier alpha value is -1.06. The molecule has 3 heteroatoms. The largest absolute Gasteiger partial charge is 0.390 e. The Bertz CT molecular complexity index is 361. The number of nitrogens with one attached hydrogen (secondary N) is 1. The average Bonchev–Trinajstić information content (AvgIpc) is 2.89. The summed E-state index contributed by atoms with van der Waals surface area (Å²) in [4.78, 5) is 2.35. The summed E-state index contributed by atoms with van der Waals surface area (Å²) < 4.78 is 0. The molecule has 0 spiro atoms. The van der Waals surface area contributed by atoms with E-state index >= 15 is 0 Å². The van der Waals surface area contributed by atoms with Crippen molar-refractivity contribution >= 4 is 5.69 Å². The molecule has 0 amide bonds. The molecule has 2 rings (SSSR count). The lowest BCUT2D eigenvalue weighted by Gasteiger charge is -2.20. The first-order valence-electron chi connectivity index (χ1n) is 7.01. The van der Waals surface area contributed by atoms with Gasteiger partial charge in [-0.3, -0.25) is 0 Å². The lowest BCUT2D eigenvalue weighted by Crippen LogP contribution is -2.34. The van der Waals surface area contributed by atoms with Gasteiger partial charge in [-0.1, -0.05) is 25.1 Å². The third kappa shape index (κ3) is 3.72. The van der Waals surface area contributed by atoms with Crippen molar-refractivity contribution in [1.82, 2.24) is 4.90 Å². The van der Waals surface area contributed by atoms with E-state index in [9.17, 15) is 5.11 Å². The van der Waals surface area contributed by atoms with Crippen molar-refractivity contribution in [3.63, 3.8) is 0 Å². The van der Waals surface area contributed by atoms with Crippen LogP contribution in [0.2, 0.25) is 0 Å². The van der Waals surface area contributed by atoms with Gasteiger partial charge in [0.25, 0.3) is 0 Å². The van der Waals surface area contributed by atoms with E-state index in [-0.39, 0.29) is 6.10 Å². The molecule has 100 valence electrons. The van der Waals surface area contributed by atoms with Gasteiger partial charge in [0, 0.05) is 18.8 Å². The zero-order valence-electron chi connectivity index (χ0n) is 11.2. The summed E-state index contributed by atoms with van der Waals surface area (Å²) >= 11 is 0. The Kier molecular flexibility index (Phi) is 5.02. The number of aliphatic hydroxyl groups is 1. The smallest absolute Gasteiger partial charge is 0.0839 e. The number of aryl methyl sites for hydroxylation is 1. The fourth-order valence-electron chi connectivity index (χ4n) is 2.56. The van der Waals surface area contributed by atoms with Crippen LogP contribution in [-0.4, -0.2) is 42.3 Å². The molecule has 1 heterocycles. The van der Waals surface area contributed by atoms with Crippen molar-refractivity contribution in [3.8, 4) is 0 Å². The van der Waals surface area contributed by atoms with Gasteiger partial charge in [-0.15, -0.1) is 0 Å². The minimum absolute atomic E-state index is 0.284. The normalized spacial score (nSPS) is 17.9. The van der Waals surface area contributed by atoms with Crippen LogP contribution in [0.5, 0.6) is 0 Å². The number of para-hydroxylation sites is 1. The molecular formula is C15H24N2O. The van der Waals surface area contributed by atoms with E-state index in [1.165, 1.54) is 18.4 Å². The standard InChI is InChI=1S/C15H24N2O/c1-2-13-7-3-4-8-15(13)16-11-14(18)12-17-9-5-6-10-17/h3-4,7-8,14,16,18H,2,5-6,9-12H2,1H3. The van der Waals surface area contributed by atoms with Gasteiger partial charge in [0.05, 0.1) is 6.10 Å². The molecule has 1 fully saturated rings. The van der Waals surface area contributed by atoms with Gasteiger partial charge in [-0.05, 0) is 44.0 Å². The van der Waals surface area contributed by atoms with Gasteiger partial charge in [0.15, 0.2) is 0 Å². The van der Waals surface area contributed by atoms with Crippen LogP contribution in [0.4, 0.5) is 5.69 Å². The molecule has 1 aliphatic rings. The number of rotatable bonds is 6. The Balaban J connectivity index is 1.79. The molecule has 0 aromatic heterocycles. The minimum Gasteiger partial charge on any atom is -0.390 e. The highest BCUT2D eigenvalue weighted by atomic mass is 16.3. The second-order valence-corrected chi connectivity index (χ2v) is 5.05. The van der Waals surface area contributed by atoms with Crippen LogP contribution in [0.3, 0.4) is 0 Å². The van der Waals surface area contributed by atoms with Crippen molar-refractivity contribution in [2.75, 3.05) is 31.5 Å². The van der Waals surface area contributed by atoms with E-state index in [1.807, 2.05) is 6.07 Å². The molecule has 18 heavy (non-hydrogen) atoms. The van der Waals surface area contributed by atoms with Crippen LogP contribution >= 0.6 is 0 Å². The number of benzene rings is 1. The van der Waals surface area contributed by atoms with E-state index in [0.29, 0.717) is 6.54 Å². The van der Waals surface area contributed by atoms with Crippen LogP contribution in [-0.2, 0) is 6.42 Å². The molecule has 0 aliphatic carbocycles. The maximum absolute atomic E-state index is 10.0. The molecule has 1 aromatic carbocycles. The Morgan fingerprint density at radius 2 is 2.00 bits per heavy atom. The quantitative estimate of drug-likeness (QED) is 0.809. The first-order chi connectivity index (χ1) is 8.79. The molecule has 1 atom stereocenters. The van der Waals surface area contributed by atoms with Gasteiger partial charge in [-0.2, -0.15) is 0 Å². The number of β-amino-alcohol motifs (C(OH)–C–C–N with tert-alkyl or cyclic N) is 1. The lowest BCUT2D eigenvalue weighted by atomic mass is 10.1. The van der Waals surface area contributed by atoms with Crippen molar-refractivity contribution < 1.29 is 5.11 Å². The predicted molar refractivity (Wildman–Crippen MR) is 76.0 cm³/mol. The third-order valence-corrected chi connectivity index (χ3v) is 3.59. The van der Waals surface area contributed by atoms with Gasteiger partial charge < -0.3 is 15.3 Å². The number of hydrogen-bond donors (Lipinski definition) is 2. The topological polar surface area (TPSA) is 35.5 Å². The molecule has 1 aliphatic heterocycles. The molecular weight excluding hydrogens is 224 g/mol. The van der Waals surface area contributed by atoms with Crippen LogP contribution in [0, 0.1) is 0 Å². The average molecular weight is 248 g/mol. The van der Waals surface area contributed by atoms with Crippen LogP contribution < -0.4 is 5.32 Å². The van der Waals surface area contributed by atoms with E-state index in [1.54, 1.807) is 0 Å². The molecule has 1 saturated heterocycles. The molecule has 2 N–H and O–H groups in total. The number of nitrogens with zero attached hydrogens (tertiary/aromatic N) is 1. The van der Waals surface area contributed by atoms with Crippen molar-refractivity contribution in [3.05, 3.63) is 29.8 Å². The summed E-state index contributed by atoms with van der Waals surface area (Å²) in [7, 11) is 0. The highest BCUT2D eigenvalue weighted by molar-refractivity contribution is 5.51. The van der Waals surface area contributed by atoms with E-state index in [2.05, 4.69) is 35.3 Å². The summed E-state index contributed by atoms with van der Waals surface area (Å²) in [5.74, 6) is 0. The third-order valence-electron chi connectivity index (χ3n) is 3.59. The molecule has 0 saturated carbocycles. The monoisotopic (exact) mass is 248 g/mol. The summed E-state index contributed by atoms with van der Waals surface area (Å²) in [6.45, 7) is 5.86. The zero-order valence-corrected chi connectivity index (χ0v) is 11.2. The summed E-state index contributed by atoms with van der Waals surface area (Å²) in [6, 6.07) is 8.32. The first kappa shape index (κ1) is 13.4. The number of aliphatic hydroxyl groups excluding tert-OH is 1. The molecule has 0 radical (unpaired) electrons. The van der Waals surface area contributed by atoms with Gasteiger partial charge >= 0.3 is 0 Å². The molecule has 0 bridgehead atoms. The van der Waals surface area contributed by atoms with Gasteiger partial charge in [0.2, 0.25) is 0 Å². The Morgan fingerprint density at radius 3 is 2.72 bits per heavy atom. The highest BCUT2D eigenvalue weighted by Crippen LogP contribution is 2.15. The molecule has 3 nitrogen and oxygen atoms in total. The van der Waals surface area contributed by atoms with Gasteiger partial charge in [-0.25, -0.2) is 0 Å². The van der Waals surface area contributed by atoms with Crippen LogP contribution in [0.25, 0.3) is 0 Å².